The van der Waals surface area contributed by atoms with E-state index in [0.29, 0.717) is 18.4 Å². The summed E-state index contributed by atoms with van der Waals surface area (Å²) in [5.74, 6) is 1.00. The Labute approximate surface area is 166 Å². The molecule has 3 rings (SSSR count). The second kappa shape index (κ2) is 10.4. The topological polar surface area (TPSA) is 83.6 Å². The van der Waals surface area contributed by atoms with E-state index >= 15 is 0 Å². The van der Waals surface area contributed by atoms with Crippen molar-refractivity contribution in [1.29, 1.82) is 0 Å². The van der Waals surface area contributed by atoms with Crippen LogP contribution in [0.3, 0.4) is 0 Å². The van der Waals surface area contributed by atoms with E-state index in [1.807, 2.05) is 29.2 Å². The molecule has 6 heteroatoms. The monoisotopic (exact) mass is 379 g/mol. The number of nitrogens with one attached hydrogen (secondary N) is 1. The molecule has 1 aliphatic heterocycles. The molecule has 1 aromatic carbocycles. The smallest absolute Gasteiger partial charge is 0.244 e. The number of piperidine rings is 1. The average molecular weight is 380 g/mol. The first-order chi connectivity index (χ1) is 13.7. The highest BCUT2D eigenvalue weighted by Crippen LogP contribution is 2.21. The minimum Gasteiger partial charge on any atom is -0.370 e. The van der Waals surface area contributed by atoms with Crippen molar-refractivity contribution in [2.75, 3.05) is 26.2 Å². The number of aliphatic imine (C=N–C) groups is 1. The Morgan fingerprint density at radius 3 is 2.61 bits per heavy atom. The van der Waals surface area contributed by atoms with Gasteiger partial charge in [-0.3, -0.25) is 9.78 Å². The summed E-state index contributed by atoms with van der Waals surface area (Å²) in [5, 5.41) is 3.04. The van der Waals surface area contributed by atoms with Crippen LogP contribution in [0.1, 0.15) is 24.1 Å². The molecule has 0 spiro atoms. The van der Waals surface area contributed by atoms with Crippen molar-refractivity contribution in [2.45, 2.75) is 25.7 Å². The van der Waals surface area contributed by atoms with E-state index in [0.717, 1.165) is 44.5 Å². The zero-order chi connectivity index (χ0) is 19.6. The van der Waals surface area contributed by atoms with Gasteiger partial charge in [0.1, 0.15) is 6.54 Å². The van der Waals surface area contributed by atoms with Crippen molar-refractivity contribution >= 4 is 11.9 Å². The number of guanidine groups is 1. The molecular weight excluding hydrogens is 350 g/mol. The van der Waals surface area contributed by atoms with Crippen molar-refractivity contribution in [3.05, 3.63) is 66.0 Å². The predicted octanol–water partition coefficient (Wildman–Crippen LogP) is 2.01. The van der Waals surface area contributed by atoms with Gasteiger partial charge in [0, 0.05) is 37.9 Å². The third kappa shape index (κ3) is 6.37. The van der Waals surface area contributed by atoms with Crippen molar-refractivity contribution in [1.82, 2.24) is 15.2 Å². The number of aromatic nitrogens is 1. The third-order valence-corrected chi connectivity index (χ3v) is 5.13. The molecule has 148 valence electrons. The summed E-state index contributed by atoms with van der Waals surface area (Å²) in [7, 11) is 0. The van der Waals surface area contributed by atoms with Gasteiger partial charge in [-0.25, -0.2) is 4.99 Å². The molecule has 1 fully saturated rings. The summed E-state index contributed by atoms with van der Waals surface area (Å²) in [5.41, 5.74) is 8.25. The lowest BCUT2D eigenvalue weighted by molar-refractivity contribution is -0.130. The molecule has 6 nitrogen and oxygen atoms in total. The first-order valence-electron chi connectivity index (χ1n) is 9.96. The van der Waals surface area contributed by atoms with Crippen molar-refractivity contribution in [2.24, 2.45) is 16.6 Å². The Morgan fingerprint density at radius 1 is 1.14 bits per heavy atom. The predicted molar refractivity (Wildman–Crippen MR) is 112 cm³/mol. The van der Waals surface area contributed by atoms with Gasteiger partial charge < -0.3 is 16.0 Å². The van der Waals surface area contributed by atoms with Gasteiger partial charge in [-0.15, -0.1) is 0 Å². The van der Waals surface area contributed by atoms with Crippen LogP contribution in [-0.2, 0) is 17.6 Å². The van der Waals surface area contributed by atoms with E-state index in [1.165, 1.54) is 5.56 Å². The van der Waals surface area contributed by atoms with Gasteiger partial charge in [-0.1, -0.05) is 36.4 Å². The molecule has 28 heavy (non-hydrogen) atoms. The van der Waals surface area contributed by atoms with E-state index in [2.05, 4.69) is 39.6 Å². The molecule has 1 aromatic heterocycles. The molecule has 0 saturated carbocycles. The summed E-state index contributed by atoms with van der Waals surface area (Å²) in [4.78, 5) is 22.7. The van der Waals surface area contributed by atoms with Crippen LogP contribution in [0.25, 0.3) is 0 Å². The molecule has 1 amide bonds. The van der Waals surface area contributed by atoms with E-state index in [1.54, 1.807) is 6.20 Å². The molecular formula is C22H29N5O. The van der Waals surface area contributed by atoms with Crippen LogP contribution < -0.4 is 11.1 Å². The molecule has 2 heterocycles. The fourth-order valence-electron chi connectivity index (χ4n) is 3.51. The van der Waals surface area contributed by atoms with Crippen molar-refractivity contribution in [3.8, 4) is 0 Å². The van der Waals surface area contributed by atoms with E-state index in [9.17, 15) is 4.79 Å². The highest BCUT2D eigenvalue weighted by molar-refractivity contribution is 5.84. The van der Waals surface area contributed by atoms with Gasteiger partial charge in [-0.05, 0) is 42.9 Å². The Morgan fingerprint density at radius 2 is 1.89 bits per heavy atom. The first kappa shape index (κ1) is 19.9. The molecule has 0 aliphatic carbocycles. The van der Waals surface area contributed by atoms with Crippen LogP contribution in [0.5, 0.6) is 0 Å². The lowest BCUT2D eigenvalue weighted by atomic mass is 9.90. The Kier molecular flexibility index (Phi) is 7.41. The van der Waals surface area contributed by atoms with Crippen LogP contribution in [-0.4, -0.2) is 47.9 Å². The maximum atomic E-state index is 12.4. The minimum absolute atomic E-state index is 0.0487. The van der Waals surface area contributed by atoms with Gasteiger partial charge >= 0.3 is 0 Å². The van der Waals surface area contributed by atoms with Crippen LogP contribution >= 0.6 is 0 Å². The second-order valence-electron chi connectivity index (χ2n) is 7.21. The Balaban J connectivity index is 1.35. The molecule has 0 radical (unpaired) electrons. The van der Waals surface area contributed by atoms with Crippen molar-refractivity contribution in [3.63, 3.8) is 0 Å². The summed E-state index contributed by atoms with van der Waals surface area (Å²) in [6.07, 6.45) is 5.72. The maximum absolute atomic E-state index is 12.4. The lowest BCUT2D eigenvalue weighted by Gasteiger charge is -2.31. The van der Waals surface area contributed by atoms with Crippen LogP contribution in [0.2, 0.25) is 0 Å². The number of hydrogen-bond acceptors (Lipinski definition) is 3. The van der Waals surface area contributed by atoms with Gasteiger partial charge in [-0.2, -0.15) is 0 Å². The van der Waals surface area contributed by atoms with Crippen LogP contribution in [0.15, 0.2) is 59.7 Å². The second-order valence-corrected chi connectivity index (χ2v) is 7.21. The zero-order valence-corrected chi connectivity index (χ0v) is 16.3. The third-order valence-electron chi connectivity index (χ3n) is 5.13. The number of nitrogens with two attached hydrogens (primary N) is 1. The number of pyridine rings is 1. The van der Waals surface area contributed by atoms with Gasteiger partial charge in [0.25, 0.3) is 0 Å². The van der Waals surface area contributed by atoms with E-state index in [4.69, 9.17) is 5.73 Å². The standard InChI is InChI=1S/C22H29N5O/c23-22(25-13-9-20-8-4-5-12-24-20)26-17-21(28)27-14-10-19(11-15-27)16-18-6-2-1-3-7-18/h1-8,12,19H,9-11,13-17H2,(H3,23,25,26). The Bertz CT molecular complexity index is 755. The fraction of sp³-hybridized carbons (Fsp3) is 0.409. The highest BCUT2D eigenvalue weighted by Gasteiger charge is 2.22. The molecule has 0 atom stereocenters. The SMILES string of the molecule is NC(=NCC(=O)N1CCC(Cc2ccccc2)CC1)NCCc1ccccn1. The number of carbonyl (C=O) groups excluding carboxylic acids is 1. The number of nitrogens with zero attached hydrogens (tertiary/aromatic N) is 3. The van der Waals surface area contributed by atoms with Gasteiger partial charge in [0.2, 0.25) is 5.91 Å². The maximum Gasteiger partial charge on any atom is 0.244 e. The normalized spacial score (nSPS) is 15.4. The van der Waals surface area contributed by atoms with Crippen molar-refractivity contribution < 1.29 is 4.79 Å². The van der Waals surface area contributed by atoms with E-state index < -0.39 is 0 Å². The van der Waals surface area contributed by atoms with Crippen LogP contribution in [0.4, 0.5) is 0 Å². The summed E-state index contributed by atoms with van der Waals surface area (Å²) < 4.78 is 0. The van der Waals surface area contributed by atoms with Gasteiger partial charge in [0.05, 0.1) is 0 Å². The molecule has 0 unspecified atom stereocenters. The van der Waals surface area contributed by atoms with E-state index in [-0.39, 0.29) is 12.5 Å². The molecule has 0 bridgehead atoms. The first-order valence-corrected chi connectivity index (χ1v) is 9.96. The van der Waals surface area contributed by atoms with Gasteiger partial charge in [0.15, 0.2) is 5.96 Å². The quantitative estimate of drug-likeness (QED) is 0.569. The summed E-state index contributed by atoms with van der Waals surface area (Å²) >= 11 is 0. The zero-order valence-electron chi connectivity index (χ0n) is 16.3. The molecule has 3 N–H and O–H groups in total. The lowest BCUT2D eigenvalue weighted by Crippen LogP contribution is -2.41. The fourth-order valence-corrected chi connectivity index (χ4v) is 3.51. The number of amides is 1. The number of rotatable bonds is 7. The minimum atomic E-state index is 0.0487. The molecule has 2 aromatic rings. The Hall–Kier alpha value is -2.89. The summed E-state index contributed by atoms with van der Waals surface area (Å²) in [6.45, 7) is 2.36. The highest BCUT2D eigenvalue weighted by atomic mass is 16.2. The number of benzene rings is 1. The molecule has 1 saturated heterocycles. The van der Waals surface area contributed by atoms with Crippen LogP contribution in [0, 0.1) is 5.92 Å². The average Bonchev–Trinajstić information content (AvgIpc) is 2.74. The molecule has 1 aliphatic rings. The summed E-state index contributed by atoms with van der Waals surface area (Å²) in [6, 6.07) is 16.4. The number of hydrogen-bond donors (Lipinski definition) is 2. The number of carbonyl (C=O) groups is 1. The number of likely N-dealkylation sites (tertiary alicyclic amines) is 1. The largest absolute Gasteiger partial charge is 0.370 e.